The summed E-state index contributed by atoms with van der Waals surface area (Å²) >= 11 is 6.20. The van der Waals surface area contributed by atoms with Gasteiger partial charge in [-0.1, -0.05) is 18.0 Å². The lowest BCUT2D eigenvalue weighted by Gasteiger charge is -2.04. The van der Waals surface area contributed by atoms with E-state index in [4.69, 9.17) is 16.7 Å². The van der Waals surface area contributed by atoms with E-state index in [0.717, 1.165) is 48.9 Å². The van der Waals surface area contributed by atoms with E-state index in [9.17, 15) is 9.90 Å². The minimum atomic E-state index is -0.960. The zero-order chi connectivity index (χ0) is 19.2. The lowest BCUT2D eigenvalue weighted by Crippen LogP contribution is -2.08. The molecule has 0 bridgehead atoms. The molecule has 0 amide bonds. The van der Waals surface area contributed by atoms with Crippen LogP contribution in [0.15, 0.2) is 36.7 Å². The van der Waals surface area contributed by atoms with Gasteiger partial charge < -0.3 is 10.4 Å². The highest BCUT2D eigenvalue weighted by atomic mass is 35.5. The zero-order valence-corrected chi connectivity index (χ0v) is 16.0. The van der Waals surface area contributed by atoms with Crippen molar-refractivity contribution in [2.24, 2.45) is 0 Å². The average Bonchev–Trinajstić information content (AvgIpc) is 2.98. The molecule has 1 aromatic carbocycles. The van der Waals surface area contributed by atoms with Gasteiger partial charge in [-0.3, -0.25) is 9.67 Å². The maximum Gasteiger partial charge on any atom is 0.336 e. The van der Waals surface area contributed by atoms with Crippen LogP contribution in [0.5, 0.6) is 0 Å². The quantitative estimate of drug-likeness (QED) is 0.547. The molecule has 2 N–H and O–H groups in total. The molecule has 0 aliphatic rings. The summed E-state index contributed by atoms with van der Waals surface area (Å²) < 4.78 is 2.00. The number of nitrogens with zero attached hydrogens (tertiary/aromatic N) is 3. The Balaban J connectivity index is 1.89. The van der Waals surface area contributed by atoms with Crippen molar-refractivity contribution in [1.29, 1.82) is 0 Å². The first kappa shape index (κ1) is 19.3. The number of aromatic carboxylic acids is 1. The van der Waals surface area contributed by atoms with Crippen LogP contribution in [0.3, 0.4) is 0 Å². The van der Waals surface area contributed by atoms with Crippen molar-refractivity contribution in [1.82, 2.24) is 20.1 Å². The lowest BCUT2D eigenvalue weighted by atomic mass is 10.0. The van der Waals surface area contributed by atoms with Crippen molar-refractivity contribution >= 4 is 28.5 Å². The topological polar surface area (TPSA) is 80.0 Å². The maximum absolute atomic E-state index is 11.5. The summed E-state index contributed by atoms with van der Waals surface area (Å²) in [6, 6.07) is 7.25. The van der Waals surface area contributed by atoms with E-state index in [0.29, 0.717) is 17.0 Å². The Labute approximate surface area is 163 Å². The first-order valence-electron chi connectivity index (χ1n) is 9.06. The fraction of sp³-hybridized carbons (Fsp3) is 0.350. The summed E-state index contributed by atoms with van der Waals surface area (Å²) in [6.07, 6.45) is 6.78. The van der Waals surface area contributed by atoms with E-state index in [1.165, 1.54) is 12.3 Å². The van der Waals surface area contributed by atoms with Crippen molar-refractivity contribution in [3.8, 4) is 0 Å². The van der Waals surface area contributed by atoms with Crippen LogP contribution in [0.2, 0.25) is 5.02 Å². The third-order valence-electron chi connectivity index (χ3n) is 4.58. The summed E-state index contributed by atoms with van der Waals surface area (Å²) in [5.41, 5.74) is 2.73. The average molecular weight is 387 g/mol. The summed E-state index contributed by atoms with van der Waals surface area (Å²) in [6.45, 7) is 1.83. The smallest absolute Gasteiger partial charge is 0.336 e. The summed E-state index contributed by atoms with van der Waals surface area (Å²) in [4.78, 5) is 15.6. The third kappa shape index (κ3) is 4.64. The molecule has 2 heterocycles. The maximum atomic E-state index is 11.5. The molecule has 3 aromatic rings. The van der Waals surface area contributed by atoms with Gasteiger partial charge in [0.2, 0.25) is 0 Å². The van der Waals surface area contributed by atoms with Crippen LogP contribution in [-0.2, 0) is 13.0 Å². The van der Waals surface area contributed by atoms with Crippen molar-refractivity contribution in [2.75, 3.05) is 13.6 Å². The fourth-order valence-electron chi connectivity index (χ4n) is 3.22. The molecule has 0 unspecified atom stereocenters. The number of halogens is 1. The molecular formula is C20H23ClN4O2. The monoisotopic (exact) mass is 386 g/mol. The SMILES string of the molecule is CNCCCCCn1nc(Cc2cnccc2C(=O)O)c2cc(Cl)ccc21. The van der Waals surface area contributed by atoms with Crippen LogP contribution in [0, 0.1) is 0 Å². The Morgan fingerprint density at radius 2 is 2.11 bits per heavy atom. The number of fused-ring (bicyclic) bond motifs is 1. The van der Waals surface area contributed by atoms with Crippen LogP contribution in [0.1, 0.15) is 40.9 Å². The van der Waals surface area contributed by atoms with Gasteiger partial charge in [0.25, 0.3) is 0 Å². The molecule has 142 valence electrons. The van der Waals surface area contributed by atoms with Gasteiger partial charge in [0.1, 0.15) is 0 Å². The van der Waals surface area contributed by atoms with E-state index in [-0.39, 0.29) is 5.56 Å². The molecule has 6 nitrogen and oxygen atoms in total. The van der Waals surface area contributed by atoms with Crippen LogP contribution in [0.4, 0.5) is 0 Å². The molecule has 3 rings (SSSR count). The Morgan fingerprint density at radius 3 is 2.89 bits per heavy atom. The van der Waals surface area contributed by atoms with Gasteiger partial charge in [-0.25, -0.2) is 4.79 Å². The van der Waals surface area contributed by atoms with Crippen LogP contribution in [-0.4, -0.2) is 39.4 Å². The van der Waals surface area contributed by atoms with Gasteiger partial charge in [-0.15, -0.1) is 0 Å². The van der Waals surface area contributed by atoms with Gasteiger partial charge in [0.15, 0.2) is 0 Å². The molecule has 27 heavy (non-hydrogen) atoms. The minimum Gasteiger partial charge on any atom is -0.478 e. The van der Waals surface area contributed by atoms with Gasteiger partial charge >= 0.3 is 5.97 Å². The second kappa shape index (κ2) is 8.97. The van der Waals surface area contributed by atoms with Crippen LogP contribution < -0.4 is 5.32 Å². The Morgan fingerprint density at radius 1 is 1.26 bits per heavy atom. The van der Waals surface area contributed by atoms with E-state index < -0.39 is 5.97 Å². The molecule has 0 spiro atoms. The number of pyridine rings is 1. The van der Waals surface area contributed by atoms with Crippen molar-refractivity contribution in [3.63, 3.8) is 0 Å². The number of aromatic nitrogens is 3. The van der Waals surface area contributed by atoms with Gasteiger partial charge in [-0.2, -0.15) is 5.10 Å². The molecule has 7 heteroatoms. The highest BCUT2D eigenvalue weighted by Gasteiger charge is 2.16. The fourth-order valence-corrected chi connectivity index (χ4v) is 3.39. The number of carboxylic acid groups (broad SMARTS) is 1. The molecule has 0 fully saturated rings. The van der Waals surface area contributed by atoms with Gasteiger partial charge in [0, 0.05) is 35.8 Å². The van der Waals surface area contributed by atoms with E-state index in [2.05, 4.69) is 10.3 Å². The number of hydrogen-bond donors (Lipinski definition) is 2. The van der Waals surface area contributed by atoms with Crippen molar-refractivity contribution in [2.45, 2.75) is 32.2 Å². The molecule has 0 aliphatic carbocycles. The molecule has 0 radical (unpaired) electrons. The standard InChI is InChI=1S/C20H23ClN4O2/c1-22-8-3-2-4-10-25-19-6-5-15(21)12-17(19)18(24-25)11-14-13-23-9-7-16(14)20(26)27/h5-7,9,12-13,22H,2-4,8,10-11H2,1H3,(H,26,27). The Kier molecular flexibility index (Phi) is 6.42. The lowest BCUT2D eigenvalue weighted by molar-refractivity contribution is 0.0695. The van der Waals surface area contributed by atoms with Crippen LogP contribution in [0.25, 0.3) is 10.9 Å². The molecule has 2 aromatic heterocycles. The van der Waals surface area contributed by atoms with E-state index in [1.54, 1.807) is 6.20 Å². The number of nitrogens with one attached hydrogen (secondary N) is 1. The highest BCUT2D eigenvalue weighted by Crippen LogP contribution is 2.26. The number of benzene rings is 1. The minimum absolute atomic E-state index is 0.252. The summed E-state index contributed by atoms with van der Waals surface area (Å²) in [7, 11) is 1.96. The van der Waals surface area contributed by atoms with E-state index in [1.807, 2.05) is 29.9 Å². The third-order valence-corrected chi connectivity index (χ3v) is 4.81. The predicted octanol–water partition coefficient (Wildman–Crippen LogP) is 3.76. The highest BCUT2D eigenvalue weighted by molar-refractivity contribution is 6.31. The normalized spacial score (nSPS) is 11.2. The second-order valence-electron chi connectivity index (χ2n) is 6.51. The number of carboxylic acids is 1. The Hall–Kier alpha value is -2.44. The Bertz CT molecular complexity index is 939. The van der Waals surface area contributed by atoms with Crippen molar-refractivity contribution < 1.29 is 9.90 Å². The number of rotatable bonds is 9. The zero-order valence-electron chi connectivity index (χ0n) is 15.3. The molecule has 0 saturated heterocycles. The number of aryl methyl sites for hydroxylation is 1. The number of unbranched alkanes of at least 4 members (excludes halogenated alkanes) is 2. The van der Waals surface area contributed by atoms with Crippen LogP contribution >= 0.6 is 11.6 Å². The predicted molar refractivity (Wildman–Crippen MR) is 107 cm³/mol. The first-order valence-corrected chi connectivity index (χ1v) is 9.43. The van der Waals surface area contributed by atoms with E-state index >= 15 is 0 Å². The first-order chi connectivity index (χ1) is 13.1. The second-order valence-corrected chi connectivity index (χ2v) is 6.95. The summed E-state index contributed by atoms with van der Waals surface area (Å²) in [5.74, 6) is -0.960. The molecule has 0 aliphatic heterocycles. The molecule has 0 atom stereocenters. The van der Waals surface area contributed by atoms with Crippen molar-refractivity contribution in [3.05, 3.63) is 58.5 Å². The summed E-state index contributed by atoms with van der Waals surface area (Å²) in [5, 5.41) is 18.9. The number of carbonyl (C=O) groups is 1. The largest absolute Gasteiger partial charge is 0.478 e. The molecular weight excluding hydrogens is 364 g/mol. The van der Waals surface area contributed by atoms with Gasteiger partial charge in [-0.05, 0) is 56.3 Å². The molecule has 0 saturated carbocycles. The van der Waals surface area contributed by atoms with Gasteiger partial charge in [0.05, 0.1) is 16.8 Å². The number of hydrogen-bond acceptors (Lipinski definition) is 4.